The highest BCUT2D eigenvalue weighted by atomic mass is 32.1. The highest BCUT2D eigenvalue weighted by molar-refractivity contribution is 7.20. The Morgan fingerprint density at radius 3 is 2.86 bits per heavy atom. The van der Waals surface area contributed by atoms with Crippen LogP contribution in [0.2, 0.25) is 0 Å². The van der Waals surface area contributed by atoms with E-state index in [-0.39, 0.29) is 0 Å². The molecule has 2 aromatic heterocycles. The van der Waals surface area contributed by atoms with E-state index in [1.54, 1.807) is 13.3 Å². The number of amides is 1. The molecule has 0 unspecified atom stereocenters. The average Bonchev–Trinajstić information content (AvgIpc) is 3.16. The third kappa shape index (κ3) is 3.95. The highest BCUT2D eigenvalue weighted by Crippen LogP contribution is 2.31. The molecule has 6 nitrogen and oxygen atoms in total. The second-order valence-corrected chi connectivity index (χ2v) is 8.16. The number of anilines is 1. The number of primary amides is 1. The molecule has 0 atom stereocenters. The first-order valence-electron chi connectivity index (χ1n) is 9.42. The van der Waals surface area contributed by atoms with Gasteiger partial charge in [0.2, 0.25) is 0 Å². The van der Waals surface area contributed by atoms with Gasteiger partial charge in [-0.25, -0.2) is 0 Å². The third-order valence-electron chi connectivity index (χ3n) is 5.22. The first-order valence-corrected chi connectivity index (χ1v) is 10.2. The molecule has 0 bridgehead atoms. The van der Waals surface area contributed by atoms with Gasteiger partial charge in [0.15, 0.2) is 0 Å². The standard InChI is InChI=1S/C21H24N4O2S/c1-27-18-5-3-2-4-14(18)13-25-8-6-15(7-9-25)24-17-11-23-12-20-16(17)10-19(28-20)21(22)26/h2-5,10-12,15,24H,6-9,13H2,1H3,(H2,22,26). The molecule has 1 aliphatic rings. The van der Waals surface area contributed by atoms with E-state index in [1.807, 2.05) is 24.4 Å². The molecule has 1 aliphatic heterocycles. The quantitative estimate of drug-likeness (QED) is 0.667. The molecule has 0 aliphatic carbocycles. The monoisotopic (exact) mass is 396 g/mol. The van der Waals surface area contributed by atoms with E-state index in [9.17, 15) is 4.79 Å². The summed E-state index contributed by atoms with van der Waals surface area (Å²) < 4.78 is 6.45. The number of benzene rings is 1. The normalized spacial score (nSPS) is 15.6. The smallest absolute Gasteiger partial charge is 0.258 e. The maximum absolute atomic E-state index is 11.5. The molecular weight excluding hydrogens is 372 g/mol. The largest absolute Gasteiger partial charge is 0.496 e. The number of fused-ring (bicyclic) bond motifs is 1. The molecule has 3 N–H and O–H groups in total. The summed E-state index contributed by atoms with van der Waals surface area (Å²) in [6.45, 7) is 2.95. The van der Waals surface area contributed by atoms with Gasteiger partial charge in [0.25, 0.3) is 5.91 Å². The average molecular weight is 397 g/mol. The number of piperidine rings is 1. The lowest BCUT2D eigenvalue weighted by atomic mass is 10.0. The van der Waals surface area contributed by atoms with Crippen molar-refractivity contribution < 1.29 is 9.53 Å². The summed E-state index contributed by atoms with van der Waals surface area (Å²) >= 11 is 1.39. The van der Waals surface area contributed by atoms with E-state index in [2.05, 4.69) is 27.3 Å². The molecule has 4 rings (SSSR count). The van der Waals surface area contributed by atoms with Crippen molar-refractivity contribution >= 4 is 33.0 Å². The number of nitrogens with one attached hydrogen (secondary N) is 1. The van der Waals surface area contributed by atoms with Crippen molar-refractivity contribution in [1.82, 2.24) is 9.88 Å². The highest BCUT2D eigenvalue weighted by Gasteiger charge is 2.21. The van der Waals surface area contributed by atoms with Gasteiger partial charge in [-0.05, 0) is 25.0 Å². The fourth-order valence-electron chi connectivity index (χ4n) is 3.73. The Balaban J connectivity index is 1.39. The van der Waals surface area contributed by atoms with E-state index in [0.29, 0.717) is 10.9 Å². The number of carbonyl (C=O) groups is 1. The number of methoxy groups -OCH3 is 1. The molecule has 1 saturated heterocycles. The van der Waals surface area contributed by atoms with E-state index >= 15 is 0 Å². The minimum atomic E-state index is -0.392. The second-order valence-electron chi connectivity index (χ2n) is 7.08. The molecule has 1 amide bonds. The van der Waals surface area contributed by atoms with Gasteiger partial charge < -0.3 is 15.8 Å². The van der Waals surface area contributed by atoms with E-state index in [1.165, 1.54) is 16.9 Å². The van der Waals surface area contributed by atoms with Crippen molar-refractivity contribution in [3.05, 3.63) is 53.2 Å². The maximum atomic E-state index is 11.5. The zero-order valence-corrected chi connectivity index (χ0v) is 16.7. The topological polar surface area (TPSA) is 80.5 Å². The summed E-state index contributed by atoms with van der Waals surface area (Å²) in [5.74, 6) is 0.556. The van der Waals surface area contributed by atoms with Gasteiger partial charge in [-0.3, -0.25) is 14.7 Å². The van der Waals surface area contributed by atoms with Crippen molar-refractivity contribution in [1.29, 1.82) is 0 Å². The first kappa shape index (κ1) is 18.7. The predicted molar refractivity (Wildman–Crippen MR) is 113 cm³/mol. The first-order chi connectivity index (χ1) is 13.6. The summed E-state index contributed by atoms with van der Waals surface area (Å²) in [5.41, 5.74) is 7.63. The summed E-state index contributed by atoms with van der Waals surface area (Å²) in [5, 5.41) is 4.64. The number of nitrogens with two attached hydrogens (primary N) is 1. The lowest BCUT2D eigenvalue weighted by molar-refractivity contribution is 0.100. The van der Waals surface area contributed by atoms with Gasteiger partial charge in [0, 0.05) is 42.8 Å². The number of aromatic nitrogens is 1. The summed E-state index contributed by atoms with van der Waals surface area (Å²) in [4.78, 5) is 18.8. The number of pyridine rings is 1. The Morgan fingerprint density at radius 1 is 1.32 bits per heavy atom. The van der Waals surface area contributed by atoms with Crippen LogP contribution < -0.4 is 15.8 Å². The third-order valence-corrected chi connectivity index (χ3v) is 6.31. The number of hydrogen-bond donors (Lipinski definition) is 2. The Morgan fingerprint density at radius 2 is 2.11 bits per heavy atom. The Bertz CT molecular complexity index is 979. The van der Waals surface area contributed by atoms with Crippen molar-refractivity contribution in [3.63, 3.8) is 0 Å². The van der Waals surface area contributed by atoms with Crippen LogP contribution in [-0.2, 0) is 6.54 Å². The van der Waals surface area contributed by atoms with Crippen LogP contribution in [0.4, 0.5) is 5.69 Å². The minimum absolute atomic E-state index is 0.387. The summed E-state index contributed by atoms with van der Waals surface area (Å²) in [6.07, 6.45) is 5.73. The van der Waals surface area contributed by atoms with E-state index in [4.69, 9.17) is 10.5 Å². The molecule has 7 heteroatoms. The number of hydrogen-bond acceptors (Lipinski definition) is 6. The fourth-order valence-corrected chi connectivity index (χ4v) is 4.63. The van der Waals surface area contributed by atoms with Crippen LogP contribution in [0.5, 0.6) is 5.75 Å². The van der Waals surface area contributed by atoms with Crippen molar-refractivity contribution in [3.8, 4) is 5.75 Å². The Labute approximate surface area is 168 Å². The Hall–Kier alpha value is -2.64. The molecule has 1 fully saturated rings. The van der Waals surface area contributed by atoms with Gasteiger partial charge in [-0.2, -0.15) is 0 Å². The molecule has 0 saturated carbocycles. The Kier molecular flexibility index (Phi) is 5.45. The number of para-hydroxylation sites is 1. The lowest BCUT2D eigenvalue weighted by Crippen LogP contribution is -2.38. The zero-order valence-electron chi connectivity index (χ0n) is 15.9. The SMILES string of the molecule is COc1ccccc1CN1CCC(Nc2cncc3sc(C(N)=O)cc23)CC1. The zero-order chi connectivity index (χ0) is 19.5. The summed E-state index contributed by atoms with van der Waals surface area (Å²) in [6, 6.07) is 10.4. The van der Waals surface area contributed by atoms with E-state index in [0.717, 1.165) is 54.0 Å². The van der Waals surface area contributed by atoms with Crippen molar-refractivity contribution in [2.45, 2.75) is 25.4 Å². The molecule has 3 heterocycles. The molecule has 28 heavy (non-hydrogen) atoms. The molecule has 1 aromatic carbocycles. The predicted octanol–water partition coefficient (Wildman–Crippen LogP) is 3.48. The number of likely N-dealkylation sites (tertiary alicyclic amines) is 1. The molecular formula is C21H24N4O2S. The summed E-state index contributed by atoms with van der Waals surface area (Å²) in [7, 11) is 1.72. The van der Waals surface area contributed by atoms with Crippen LogP contribution >= 0.6 is 11.3 Å². The molecule has 3 aromatic rings. The van der Waals surface area contributed by atoms with Crippen LogP contribution in [0.25, 0.3) is 10.1 Å². The van der Waals surface area contributed by atoms with E-state index < -0.39 is 5.91 Å². The van der Waals surface area contributed by atoms with Gasteiger partial charge in [-0.15, -0.1) is 11.3 Å². The van der Waals surface area contributed by atoms with Crippen LogP contribution in [-0.4, -0.2) is 42.0 Å². The molecule has 0 radical (unpaired) electrons. The van der Waals surface area contributed by atoms with Gasteiger partial charge >= 0.3 is 0 Å². The number of nitrogens with zero attached hydrogens (tertiary/aromatic N) is 2. The van der Waals surface area contributed by atoms with Crippen LogP contribution in [0, 0.1) is 0 Å². The molecule has 146 valence electrons. The van der Waals surface area contributed by atoms with Crippen molar-refractivity contribution in [2.75, 3.05) is 25.5 Å². The number of thiophene rings is 1. The molecule has 0 spiro atoms. The van der Waals surface area contributed by atoms with Gasteiger partial charge in [0.05, 0.1) is 28.6 Å². The maximum Gasteiger partial charge on any atom is 0.258 e. The van der Waals surface area contributed by atoms with Gasteiger partial charge in [0.1, 0.15) is 5.75 Å². The van der Waals surface area contributed by atoms with Crippen LogP contribution in [0.1, 0.15) is 28.1 Å². The minimum Gasteiger partial charge on any atom is -0.496 e. The lowest BCUT2D eigenvalue weighted by Gasteiger charge is -2.33. The second kappa shape index (κ2) is 8.16. The number of rotatable bonds is 6. The fraction of sp³-hybridized carbons (Fsp3) is 0.333. The van der Waals surface area contributed by atoms with Gasteiger partial charge in [-0.1, -0.05) is 18.2 Å². The van der Waals surface area contributed by atoms with Crippen LogP contribution in [0.15, 0.2) is 42.7 Å². The number of ether oxygens (including phenoxy) is 1. The van der Waals surface area contributed by atoms with Crippen LogP contribution in [0.3, 0.4) is 0 Å². The number of carbonyl (C=O) groups excluding carboxylic acids is 1. The van der Waals surface area contributed by atoms with Crippen molar-refractivity contribution in [2.24, 2.45) is 5.73 Å².